The second-order valence-electron chi connectivity index (χ2n) is 4.73. The molecule has 0 bridgehead atoms. The van der Waals surface area contributed by atoms with E-state index in [0.29, 0.717) is 0 Å². The van der Waals surface area contributed by atoms with Gasteiger partial charge in [0.25, 0.3) is 5.69 Å². The number of nitro groups is 1. The number of hydrogen-bond donors (Lipinski definition) is 1. The van der Waals surface area contributed by atoms with Crippen molar-refractivity contribution in [3.05, 3.63) is 57.4 Å². The Labute approximate surface area is 117 Å². The minimum absolute atomic E-state index is 0.132. The van der Waals surface area contributed by atoms with Gasteiger partial charge in [0.1, 0.15) is 0 Å². The standard InChI is InChI=1S/C14H18N4O2/c1-11-13(10-16-17(11)2)9-15-8-7-12-3-5-14(6-4-12)18(19)20/h3-6,10,15H,7-9H2,1-2H3. The van der Waals surface area contributed by atoms with Crippen LogP contribution in [0.3, 0.4) is 0 Å². The maximum Gasteiger partial charge on any atom is 0.269 e. The highest BCUT2D eigenvalue weighted by molar-refractivity contribution is 5.32. The van der Waals surface area contributed by atoms with Gasteiger partial charge in [-0.15, -0.1) is 0 Å². The first-order chi connectivity index (χ1) is 9.58. The van der Waals surface area contributed by atoms with E-state index in [1.54, 1.807) is 24.3 Å². The van der Waals surface area contributed by atoms with Crippen molar-refractivity contribution in [1.82, 2.24) is 15.1 Å². The zero-order valence-corrected chi connectivity index (χ0v) is 11.7. The average molecular weight is 274 g/mol. The van der Waals surface area contributed by atoms with Crippen molar-refractivity contribution in [3.63, 3.8) is 0 Å². The second kappa shape index (κ2) is 6.29. The van der Waals surface area contributed by atoms with Gasteiger partial charge in [0.2, 0.25) is 0 Å². The maximum absolute atomic E-state index is 10.5. The van der Waals surface area contributed by atoms with Crippen LogP contribution in [0.25, 0.3) is 0 Å². The Balaban J connectivity index is 1.78. The molecule has 6 heteroatoms. The van der Waals surface area contributed by atoms with Gasteiger partial charge in [0.05, 0.1) is 11.1 Å². The summed E-state index contributed by atoms with van der Waals surface area (Å²) < 4.78 is 1.85. The SMILES string of the molecule is Cc1c(CNCCc2ccc([N+](=O)[O-])cc2)cnn1C. The quantitative estimate of drug-likeness (QED) is 0.496. The molecule has 0 saturated carbocycles. The third kappa shape index (κ3) is 3.42. The monoisotopic (exact) mass is 274 g/mol. The van der Waals surface area contributed by atoms with Crippen LogP contribution in [-0.2, 0) is 20.0 Å². The van der Waals surface area contributed by atoms with Crippen molar-refractivity contribution in [2.75, 3.05) is 6.54 Å². The summed E-state index contributed by atoms with van der Waals surface area (Å²) in [6.45, 7) is 3.65. The summed E-state index contributed by atoms with van der Waals surface area (Å²) in [6, 6.07) is 6.69. The van der Waals surface area contributed by atoms with Gasteiger partial charge in [0, 0.05) is 37.0 Å². The van der Waals surface area contributed by atoms with Gasteiger partial charge in [-0.1, -0.05) is 12.1 Å². The van der Waals surface area contributed by atoms with E-state index in [1.165, 1.54) is 5.56 Å². The van der Waals surface area contributed by atoms with E-state index in [0.717, 1.165) is 30.8 Å². The summed E-state index contributed by atoms with van der Waals surface area (Å²) in [6.07, 6.45) is 2.71. The molecule has 0 aliphatic heterocycles. The fourth-order valence-corrected chi connectivity index (χ4v) is 1.96. The number of nitrogens with one attached hydrogen (secondary N) is 1. The first-order valence-electron chi connectivity index (χ1n) is 6.49. The molecule has 106 valence electrons. The van der Waals surface area contributed by atoms with Crippen molar-refractivity contribution >= 4 is 5.69 Å². The highest BCUT2D eigenvalue weighted by Crippen LogP contribution is 2.12. The molecule has 0 radical (unpaired) electrons. The summed E-state index contributed by atoms with van der Waals surface area (Å²) in [5, 5.41) is 18.1. The molecule has 0 unspecified atom stereocenters. The van der Waals surface area contributed by atoms with Crippen LogP contribution in [0.15, 0.2) is 30.5 Å². The number of non-ortho nitro benzene ring substituents is 1. The Bertz CT molecular complexity index is 590. The van der Waals surface area contributed by atoms with Crippen molar-refractivity contribution in [3.8, 4) is 0 Å². The summed E-state index contributed by atoms with van der Waals surface area (Å²) in [5.41, 5.74) is 3.57. The third-order valence-electron chi connectivity index (χ3n) is 3.39. The lowest BCUT2D eigenvalue weighted by molar-refractivity contribution is -0.384. The third-order valence-corrected chi connectivity index (χ3v) is 3.39. The van der Waals surface area contributed by atoms with E-state index >= 15 is 0 Å². The molecule has 2 rings (SSSR count). The largest absolute Gasteiger partial charge is 0.312 e. The van der Waals surface area contributed by atoms with Crippen molar-refractivity contribution in [2.45, 2.75) is 19.9 Å². The van der Waals surface area contributed by atoms with Crippen LogP contribution in [0, 0.1) is 17.0 Å². The molecule has 0 atom stereocenters. The molecule has 0 aliphatic carbocycles. The molecule has 1 heterocycles. The van der Waals surface area contributed by atoms with Crippen molar-refractivity contribution in [2.24, 2.45) is 7.05 Å². The second-order valence-corrected chi connectivity index (χ2v) is 4.73. The first kappa shape index (κ1) is 14.2. The van der Waals surface area contributed by atoms with Gasteiger partial charge in [-0.05, 0) is 25.5 Å². The van der Waals surface area contributed by atoms with Crippen molar-refractivity contribution in [1.29, 1.82) is 0 Å². The zero-order valence-electron chi connectivity index (χ0n) is 11.7. The fraction of sp³-hybridized carbons (Fsp3) is 0.357. The van der Waals surface area contributed by atoms with Gasteiger partial charge in [-0.3, -0.25) is 14.8 Å². The molecular weight excluding hydrogens is 256 g/mol. The van der Waals surface area contributed by atoms with Crippen LogP contribution in [0.2, 0.25) is 0 Å². The average Bonchev–Trinajstić information content (AvgIpc) is 2.76. The lowest BCUT2D eigenvalue weighted by Gasteiger charge is -2.05. The molecule has 0 saturated heterocycles. The van der Waals surface area contributed by atoms with Gasteiger partial charge in [-0.2, -0.15) is 5.10 Å². The van der Waals surface area contributed by atoms with Crippen LogP contribution in [-0.4, -0.2) is 21.2 Å². The maximum atomic E-state index is 10.5. The van der Waals surface area contributed by atoms with E-state index in [4.69, 9.17) is 0 Å². The van der Waals surface area contributed by atoms with E-state index < -0.39 is 0 Å². The van der Waals surface area contributed by atoms with Gasteiger partial charge < -0.3 is 5.32 Å². The number of hydrogen-bond acceptors (Lipinski definition) is 4. The number of benzene rings is 1. The number of nitrogens with zero attached hydrogens (tertiary/aromatic N) is 3. The minimum Gasteiger partial charge on any atom is -0.312 e. The van der Waals surface area contributed by atoms with Crippen LogP contribution < -0.4 is 5.32 Å². The highest BCUT2D eigenvalue weighted by atomic mass is 16.6. The summed E-state index contributed by atoms with van der Waals surface area (Å²) >= 11 is 0. The van der Waals surface area contributed by atoms with E-state index in [-0.39, 0.29) is 10.6 Å². The van der Waals surface area contributed by atoms with E-state index in [9.17, 15) is 10.1 Å². The molecule has 6 nitrogen and oxygen atoms in total. The van der Waals surface area contributed by atoms with Crippen molar-refractivity contribution < 1.29 is 4.92 Å². The Morgan fingerprint density at radius 2 is 2.05 bits per heavy atom. The molecule has 0 spiro atoms. The molecular formula is C14H18N4O2. The molecule has 0 amide bonds. The number of aromatic nitrogens is 2. The van der Waals surface area contributed by atoms with Crippen LogP contribution in [0.5, 0.6) is 0 Å². The predicted octanol–water partition coefficient (Wildman–Crippen LogP) is 1.97. The fourth-order valence-electron chi connectivity index (χ4n) is 1.96. The first-order valence-corrected chi connectivity index (χ1v) is 6.49. The summed E-state index contributed by atoms with van der Waals surface area (Å²) in [4.78, 5) is 10.2. The van der Waals surface area contributed by atoms with Gasteiger partial charge >= 0.3 is 0 Å². The van der Waals surface area contributed by atoms with Crippen LogP contribution in [0.4, 0.5) is 5.69 Å². The number of aryl methyl sites for hydroxylation is 1. The van der Waals surface area contributed by atoms with E-state index in [2.05, 4.69) is 10.4 Å². The Hall–Kier alpha value is -2.21. The summed E-state index contributed by atoms with van der Waals surface area (Å²) in [5.74, 6) is 0. The minimum atomic E-state index is -0.382. The lowest BCUT2D eigenvalue weighted by Crippen LogP contribution is -2.17. The Morgan fingerprint density at radius 3 is 2.60 bits per heavy atom. The normalized spacial score (nSPS) is 10.7. The molecule has 1 aromatic carbocycles. The van der Waals surface area contributed by atoms with Gasteiger partial charge in [0.15, 0.2) is 0 Å². The molecule has 2 aromatic rings. The zero-order chi connectivity index (χ0) is 14.5. The molecule has 0 aliphatic rings. The topological polar surface area (TPSA) is 73.0 Å². The summed E-state index contributed by atoms with van der Waals surface area (Å²) in [7, 11) is 1.93. The molecule has 1 N–H and O–H groups in total. The smallest absolute Gasteiger partial charge is 0.269 e. The molecule has 1 aromatic heterocycles. The van der Waals surface area contributed by atoms with Gasteiger partial charge in [-0.25, -0.2) is 0 Å². The van der Waals surface area contributed by atoms with E-state index in [1.807, 2.05) is 24.9 Å². The number of nitro benzene ring substituents is 1. The Morgan fingerprint density at radius 1 is 1.35 bits per heavy atom. The highest BCUT2D eigenvalue weighted by Gasteiger charge is 2.04. The number of rotatable bonds is 6. The van der Waals surface area contributed by atoms with Crippen LogP contribution in [0.1, 0.15) is 16.8 Å². The Kier molecular flexibility index (Phi) is 4.47. The lowest BCUT2D eigenvalue weighted by atomic mass is 10.1. The molecule has 20 heavy (non-hydrogen) atoms. The predicted molar refractivity (Wildman–Crippen MR) is 76.5 cm³/mol. The van der Waals surface area contributed by atoms with Crippen LogP contribution >= 0.6 is 0 Å². The molecule has 0 fully saturated rings.